The van der Waals surface area contributed by atoms with Crippen LogP contribution in [-0.4, -0.2) is 53.5 Å². The van der Waals surface area contributed by atoms with Crippen molar-refractivity contribution in [1.29, 1.82) is 0 Å². The quantitative estimate of drug-likeness (QED) is 0.778. The molecule has 0 unspecified atom stereocenters. The van der Waals surface area contributed by atoms with Crippen LogP contribution in [0.2, 0.25) is 0 Å². The molecule has 3 atom stereocenters. The molecular formula is C22H29NO6. The smallest absolute Gasteiger partial charge is 0.414 e. The molecule has 2 aliphatic rings. The van der Waals surface area contributed by atoms with Gasteiger partial charge in [0.25, 0.3) is 0 Å². The third-order valence-electron chi connectivity index (χ3n) is 5.28. The molecular weight excluding hydrogens is 374 g/mol. The number of carbonyl (C=O) groups is 2. The van der Waals surface area contributed by atoms with Gasteiger partial charge < -0.3 is 19.3 Å². The summed E-state index contributed by atoms with van der Waals surface area (Å²) >= 11 is 0. The van der Waals surface area contributed by atoms with E-state index < -0.39 is 35.3 Å². The maximum Gasteiger partial charge on any atom is 0.414 e. The lowest BCUT2D eigenvalue weighted by atomic mass is 9.73. The number of methoxy groups -OCH3 is 1. The number of fused-ring (bicyclic) bond motifs is 1. The van der Waals surface area contributed by atoms with Gasteiger partial charge >= 0.3 is 12.1 Å². The van der Waals surface area contributed by atoms with Gasteiger partial charge in [-0.2, -0.15) is 0 Å². The summed E-state index contributed by atoms with van der Waals surface area (Å²) < 4.78 is 16.5. The molecule has 0 aromatic heterocycles. The lowest BCUT2D eigenvalue weighted by Gasteiger charge is -2.38. The fourth-order valence-corrected chi connectivity index (χ4v) is 3.92. The minimum atomic E-state index is -1.07. The van der Waals surface area contributed by atoms with Gasteiger partial charge in [0.1, 0.15) is 17.1 Å². The Morgan fingerprint density at radius 2 is 1.93 bits per heavy atom. The first-order chi connectivity index (χ1) is 13.7. The van der Waals surface area contributed by atoms with E-state index in [9.17, 15) is 14.7 Å². The predicted molar refractivity (Wildman–Crippen MR) is 106 cm³/mol. The first-order valence-electron chi connectivity index (χ1n) is 9.81. The van der Waals surface area contributed by atoms with Crippen molar-refractivity contribution >= 4 is 12.1 Å². The number of aliphatic hydroxyl groups excluding tert-OH is 1. The summed E-state index contributed by atoms with van der Waals surface area (Å²) in [5, 5.41) is 10.7. The highest BCUT2D eigenvalue weighted by Crippen LogP contribution is 2.49. The standard InChI is InChI=1S/C22H29NO6/c1-21(2,3)29-20(26)23-11-10-22(19(25)27-4)13-16(24)17(12-18(22)23)28-14-15-8-6-5-7-9-15/h5-9,12,16-17,24H,10-11,13-14H2,1-4H3/t16-,17+,22-/m0/s1. The Balaban J connectivity index is 1.88. The molecule has 3 rings (SSSR count). The number of rotatable bonds is 4. The molecule has 1 saturated heterocycles. The third-order valence-corrected chi connectivity index (χ3v) is 5.28. The molecule has 7 heteroatoms. The molecule has 1 aliphatic heterocycles. The number of amides is 1. The van der Waals surface area contributed by atoms with Crippen LogP contribution in [-0.2, 0) is 25.6 Å². The van der Waals surface area contributed by atoms with E-state index in [1.807, 2.05) is 30.3 Å². The number of hydrogen-bond donors (Lipinski definition) is 1. The minimum absolute atomic E-state index is 0.129. The second kappa shape index (κ2) is 8.16. The Hall–Kier alpha value is -2.38. The Labute approximate surface area is 171 Å². The van der Waals surface area contributed by atoms with Crippen LogP contribution in [0, 0.1) is 5.41 Å². The first kappa shape index (κ1) is 21.3. The van der Waals surface area contributed by atoms with Crippen molar-refractivity contribution in [3.8, 4) is 0 Å². The van der Waals surface area contributed by atoms with Crippen LogP contribution in [0.5, 0.6) is 0 Å². The first-order valence-corrected chi connectivity index (χ1v) is 9.81. The summed E-state index contributed by atoms with van der Waals surface area (Å²) in [6.07, 6.45) is 0.112. The van der Waals surface area contributed by atoms with E-state index in [1.54, 1.807) is 26.8 Å². The summed E-state index contributed by atoms with van der Waals surface area (Å²) in [6.45, 7) is 6.00. The normalized spacial score (nSPS) is 26.5. The van der Waals surface area contributed by atoms with Crippen LogP contribution in [0.1, 0.15) is 39.2 Å². The van der Waals surface area contributed by atoms with E-state index in [4.69, 9.17) is 14.2 Å². The van der Waals surface area contributed by atoms with E-state index in [0.717, 1.165) is 5.56 Å². The van der Waals surface area contributed by atoms with Gasteiger partial charge in [0.05, 0.1) is 19.8 Å². The maximum atomic E-state index is 12.7. The van der Waals surface area contributed by atoms with Crippen molar-refractivity contribution in [3.05, 3.63) is 47.7 Å². The second-order valence-corrected chi connectivity index (χ2v) is 8.54. The fraction of sp³-hybridized carbons (Fsp3) is 0.545. The van der Waals surface area contributed by atoms with E-state index in [1.165, 1.54) is 12.0 Å². The molecule has 1 amide bonds. The molecule has 158 valence electrons. The molecule has 0 spiro atoms. The summed E-state index contributed by atoms with van der Waals surface area (Å²) in [6, 6.07) is 9.62. The highest BCUT2D eigenvalue weighted by Gasteiger charge is 2.56. The number of ether oxygens (including phenoxy) is 3. The SMILES string of the molecule is COC(=O)[C@]12CCN(C(=O)OC(C)(C)C)C1=C[C@@H](OCc1ccccc1)[C@@H](O)C2. The van der Waals surface area contributed by atoms with Crippen LogP contribution in [0.4, 0.5) is 4.79 Å². The van der Waals surface area contributed by atoms with Crippen molar-refractivity contribution < 1.29 is 28.9 Å². The van der Waals surface area contributed by atoms with Crippen LogP contribution in [0.25, 0.3) is 0 Å². The second-order valence-electron chi connectivity index (χ2n) is 8.54. The third kappa shape index (κ3) is 4.46. The molecule has 1 N–H and O–H groups in total. The largest absolute Gasteiger partial charge is 0.468 e. The zero-order valence-electron chi connectivity index (χ0n) is 17.4. The van der Waals surface area contributed by atoms with Crippen molar-refractivity contribution in [3.63, 3.8) is 0 Å². The lowest BCUT2D eigenvalue weighted by molar-refractivity contribution is -0.154. The van der Waals surface area contributed by atoms with Gasteiger partial charge in [0.2, 0.25) is 0 Å². The predicted octanol–water partition coefficient (Wildman–Crippen LogP) is 3.02. The Kier molecular flexibility index (Phi) is 6.00. The molecule has 29 heavy (non-hydrogen) atoms. The molecule has 1 aromatic carbocycles. The fourth-order valence-electron chi connectivity index (χ4n) is 3.92. The summed E-state index contributed by atoms with van der Waals surface area (Å²) in [5.74, 6) is -0.463. The van der Waals surface area contributed by atoms with Gasteiger partial charge in [0.15, 0.2) is 0 Å². The monoisotopic (exact) mass is 403 g/mol. The van der Waals surface area contributed by atoms with Gasteiger partial charge in [-0.05, 0) is 45.3 Å². The number of benzene rings is 1. The number of hydrogen-bond acceptors (Lipinski definition) is 6. The van der Waals surface area contributed by atoms with Crippen molar-refractivity contribution in [1.82, 2.24) is 4.90 Å². The van der Waals surface area contributed by atoms with Gasteiger partial charge in [-0.25, -0.2) is 4.79 Å². The van der Waals surface area contributed by atoms with Gasteiger partial charge in [-0.3, -0.25) is 9.69 Å². The number of likely N-dealkylation sites (tertiary alicyclic amines) is 1. The van der Waals surface area contributed by atoms with Crippen LogP contribution >= 0.6 is 0 Å². The van der Waals surface area contributed by atoms with E-state index >= 15 is 0 Å². The minimum Gasteiger partial charge on any atom is -0.468 e. The number of esters is 1. The van der Waals surface area contributed by atoms with Crippen LogP contribution in [0.15, 0.2) is 42.1 Å². The lowest BCUT2D eigenvalue weighted by Crippen LogP contribution is -2.46. The molecule has 1 heterocycles. The summed E-state index contributed by atoms with van der Waals surface area (Å²) in [5.41, 5.74) is -0.274. The zero-order valence-corrected chi connectivity index (χ0v) is 17.4. The van der Waals surface area contributed by atoms with Gasteiger partial charge in [0, 0.05) is 12.2 Å². The molecule has 0 radical (unpaired) electrons. The Morgan fingerprint density at radius 1 is 1.24 bits per heavy atom. The average Bonchev–Trinajstić information content (AvgIpc) is 3.04. The van der Waals surface area contributed by atoms with Crippen molar-refractivity contribution in [2.24, 2.45) is 5.41 Å². The molecule has 1 aromatic rings. The molecule has 1 aliphatic carbocycles. The van der Waals surface area contributed by atoms with Crippen LogP contribution < -0.4 is 0 Å². The van der Waals surface area contributed by atoms with Crippen LogP contribution in [0.3, 0.4) is 0 Å². The molecule has 1 fully saturated rings. The average molecular weight is 403 g/mol. The number of carbonyl (C=O) groups excluding carboxylic acids is 2. The maximum absolute atomic E-state index is 12.7. The number of nitrogens with zero attached hydrogens (tertiary/aromatic N) is 1. The van der Waals surface area contributed by atoms with E-state index in [0.29, 0.717) is 25.3 Å². The van der Waals surface area contributed by atoms with Gasteiger partial charge in [-0.1, -0.05) is 30.3 Å². The summed E-state index contributed by atoms with van der Waals surface area (Å²) in [4.78, 5) is 26.9. The van der Waals surface area contributed by atoms with Crippen molar-refractivity contribution in [2.75, 3.05) is 13.7 Å². The summed E-state index contributed by atoms with van der Waals surface area (Å²) in [7, 11) is 1.31. The molecule has 0 saturated carbocycles. The molecule has 7 nitrogen and oxygen atoms in total. The highest BCUT2D eigenvalue weighted by molar-refractivity contribution is 5.84. The zero-order chi connectivity index (χ0) is 21.2. The topological polar surface area (TPSA) is 85.3 Å². The Bertz CT molecular complexity index is 784. The molecule has 0 bridgehead atoms. The van der Waals surface area contributed by atoms with E-state index in [2.05, 4.69) is 0 Å². The Morgan fingerprint density at radius 3 is 2.55 bits per heavy atom. The van der Waals surface area contributed by atoms with E-state index in [-0.39, 0.29) is 6.42 Å². The van der Waals surface area contributed by atoms with Gasteiger partial charge in [-0.15, -0.1) is 0 Å². The van der Waals surface area contributed by atoms with Crippen molar-refractivity contribution in [2.45, 2.75) is 58.0 Å². The highest BCUT2D eigenvalue weighted by atomic mass is 16.6. The number of aliphatic hydroxyl groups is 1.